The number of aromatic nitrogens is 3. The Kier molecular flexibility index (Phi) is 6.13. The van der Waals surface area contributed by atoms with Crippen LogP contribution in [-0.2, 0) is 20.9 Å². The Balaban J connectivity index is 1.69. The molecule has 34 heavy (non-hydrogen) atoms. The quantitative estimate of drug-likeness (QED) is 0.350. The average Bonchev–Trinajstić information content (AvgIpc) is 3.33. The minimum atomic E-state index is -4.04. The van der Waals surface area contributed by atoms with Crippen molar-refractivity contribution < 1.29 is 22.7 Å². The van der Waals surface area contributed by atoms with Gasteiger partial charge < -0.3 is 9.52 Å². The molecule has 0 spiro atoms. The van der Waals surface area contributed by atoms with E-state index in [0.29, 0.717) is 16.6 Å². The topological polar surface area (TPSA) is 127 Å². The molecule has 11 heteroatoms. The van der Waals surface area contributed by atoms with Crippen molar-refractivity contribution in [2.45, 2.75) is 50.5 Å². The summed E-state index contributed by atoms with van der Waals surface area (Å²) in [5, 5.41) is 19.3. The molecule has 0 unspecified atom stereocenters. The molecule has 4 rings (SSSR count). The zero-order valence-corrected chi connectivity index (χ0v) is 21.5. The van der Waals surface area contributed by atoms with E-state index in [1.807, 2.05) is 24.4 Å². The SMILES string of the molecule is CC(C)[C@@H](NS(=O)(=O)c1ccc2oc3cc(-n4cc(C[Si](C)(C)C)nn4)ccc3c2c1)C(=O)O. The van der Waals surface area contributed by atoms with Crippen molar-refractivity contribution in [1.29, 1.82) is 0 Å². The summed E-state index contributed by atoms with van der Waals surface area (Å²) in [6.07, 6.45) is 1.92. The molecule has 0 aliphatic heterocycles. The zero-order chi connectivity index (χ0) is 24.8. The van der Waals surface area contributed by atoms with Gasteiger partial charge in [0.1, 0.15) is 17.2 Å². The molecule has 0 aliphatic rings. The summed E-state index contributed by atoms with van der Waals surface area (Å²) in [4.78, 5) is 11.4. The number of carbonyl (C=O) groups is 1. The van der Waals surface area contributed by atoms with E-state index in [-0.39, 0.29) is 4.90 Å². The number of benzene rings is 2. The fourth-order valence-electron chi connectivity index (χ4n) is 3.81. The minimum Gasteiger partial charge on any atom is -0.480 e. The Labute approximate surface area is 198 Å². The molecule has 0 saturated carbocycles. The summed E-state index contributed by atoms with van der Waals surface area (Å²) in [5.41, 5.74) is 2.86. The van der Waals surface area contributed by atoms with E-state index in [2.05, 4.69) is 34.7 Å². The maximum Gasteiger partial charge on any atom is 0.322 e. The number of nitrogens with one attached hydrogen (secondary N) is 1. The number of hydrogen-bond acceptors (Lipinski definition) is 6. The first kappa shape index (κ1) is 24.1. The lowest BCUT2D eigenvalue weighted by Gasteiger charge is -2.17. The summed E-state index contributed by atoms with van der Waals surface area (Å²) in [5.74, 6) is -1.63. The lowest BCUT2D eigenvalue weighted by Crippen LogP contribution is -2.44. The second kappa shape index (κ2) is 8.64. The number of sulfonamides is 1. The van der Waals surface area contributed by atoms with E-state index in [1.54, 1.807) is 24.6 Å². The third kappa shape index (κ3) is 4.91. The van der Waals surface area contributed by atoms with Crippen LogP contribution in [0.25, 0.3) is 27.6 Å². The average molecular weight is 501 g/mol. The van der Waals surface area contributed by atoms with E-state index in [0.717, 1.165) is 22.8 Å². The number of nitrogens with zero attached hydrogens (tertiary/aromatic N) is 3. The van der Waals surface area contributed by atoms with Gasteiger partial charge in [0.05, 0.1) is 30.5 Å². The Morgan fingerprint density at radius 1 is 1.12 bits per heavy atom. The molecule has 0 bridgehead atoms. The van der Waals surface area contributed by atoms with Crippen LogP contribution in [0.3, 0.4) is 0 Å². The van der Waals surface area contributed by atoms with Gasteiger partial charge in [0.15, 0.2) is 0 Å². The van der Waals surface area contributed by atoms with Crippen molar-refractivity contribution in [3.63, 3.8) is 0 Å². The van der Waals surface area contributed by atoms with E-state index < -0.39 is 36.0 Å². The minimum absolute atomic E-state index is 0.0223. The predicted octanol–water partition coefficient (Wildman–Crippen LogP) is 3.97. The van der Waals surface area contributed by atoms with Crippen LogP contribution in [0.15, 0.2) is 51.9 Å². The molecule has 1 atom stereocenters. The molecule has 0 saturated heterocycles. The molecular formula is C23H28N4O5SSi. The van der Waals surface area contributed by atoms with Crippen LogP contribution in [0.2, 0.25) is 19.6 Å². The van der Waals surface area contributed by atoms with Crippen LogP contribution in [0.4, 0.5) is 0 Å². The summed E-state index contributed by atoms with van der Waals surface area (Å²) < 4.78 is 35.7. The standard InChI is InChI=1S/C23H28N4O5SSi/c1-14(2)22(23(28)29)25-33(30,31)17-7-9-20-19(11-17)18-8-6-16(10-21(18)32-20)27-12-15(24-26-27)13-34(3,4)5/h6-12,14,22,25H,13H2,1-5H3,(H,28,29)/t22-/m1/s1. The summed E-state index contributed by atoms with van der Waals surface area (Å²) in [6, 6.07) is 9.78. The van der Waals surface area contributed by atoms with Crippen molar-refractivity contribution in [2.24, 2.45) is 5.92 Å². The first-order chi connectivity index (χ1) is 15.8. The van der Waals surface area contributed by atoms with Crippen LogP contribution in [0.5, 0.6) is 0 Å². The highest BCUT2D eigenvalue weighted by Gasteiger charge is 2.28. The molecule has 0 amide bonds. The van der Waals surface area contributed by atoms with Crippen molar-refractivity contribution in [1.82, 2.24) is 19.7 Å². The third-order valence-corrected chi connectivity index (χ3v) is 8.33. The van der Waals surface area contributed by atoms with Crippen LogP contribution < -0.4 is 4.72 Å². The number of fused-ring (bicyclic) bond motifs is 3. The molecule has 9 nitrogen and oxygen atoms in total. The molecule has 0 radical (unpaired) electrons. The van der Waals surface area contributed by atoms with E-state index in [9.17, 15) is 18.3 Å². The highest BCUT2D eigenvalue weighted by Crippen LogP contribution is 2.32. The summed E-state index contributed by atoms with van der Waals surface area (Å²) in [7, 11) is -5.36. The van der Waals surface area contributed by atoms with Gasteiger partial charge in [-0.2, -0.15) is 4.72 Å². The number of aliphatic carboxylic acids is 1. The molecule has 4 aromatic rings. The third-order valence-electron chi connectivity index (χ3n) is 5.47. The second-order valence-electron chi connectivity index (χ2n) is 10.0. The van der Waals surface area contributed by atoms with Gasteiger partial charge in [0.25, 0.3) is 0 Å². The van der Waals surface area contributed by atoms with Crippen molar-refractivity contribution in [2.75, 3.05) is 0 Å². The smallest absolute Gasteiger partial charge is 0.322 e. The Morgan fingerprint density at radius 3 is 2.50 bits per heavy atom. The van der Waals surface area contributed by atoms with Gasteiger partial charge in [-0.25, -0.2) is 13.1 Å². The lowest BCUT2D eigenvalue weighted by atomic mass is 10.1. The van der Waals surface area contributed by atoms with Crippen LogP contribution in [0, 0.1) is 5.92 Å². The van der Waals surface area contributed by atoms with Crippen LogP contribution >= 0.6 is 0 Å². The number of furan rings is 1. The van der Waals surface area contributed by atoms with E-state index in [4.69, 9.17) is 4.42 Å². The molecule has 180 valence electrons. The number of carboxylic acid groups (broad SMARTS) is 1. The Bertz CT molecular complexity index is 1480. The van der Waals surface area contributed by atoms with Gasteiger partial charge in [-0.1, -0.05) is 38.7 Å². The number of hydrogen-bond donors (Lipinski definition) is 2. The van der Waals surface area contributed by atoms with Crippen molar-refractivity contribution in [3.8, 4) is 5.69 Å². The van der Waals surface area contributed by atoms with Gasteiger partial charge in [-0.3, -0.25) is 4.79 Å². The molecular weight excluding hydrogens is 472 g/mol. The molecule has 2 aromatic carbocycles. The maximum atomic E-state index is 12.9. The first-order valence-electron chi connectivity index (χ1n) is 11.0. The normalized spacial score (nSPS) is 13.7. The molecule has 0 aliphatic carbocycles. The Morgan fingerprint density at radius 2 is 1.85 bits per heavy atom. The number of rotatable bonds is 8. The lowest BCUT2D eigenvalue weighted by molar-refractivity contribution is -0.140. The van der Waals surface area contributed by atoms with Gasteiger partial charge in [-0.15, -0.1) is 5.10 Å². The predicted molar refractivity (Wildman–Crippen MR) is 132 cm³/mol. The van der Waals surface area contributed by atoms with Gasteiger partial charge in [0, 0.05) is 16.8 Å². The highest BCUT2D eigenvalue weighted by molar-refractivity contribution is 7.89. The fraction of sp³-hybridized carbons (Fsp3) is 0.348. The van der Waals surface area contributed by atoms with Gasteiger partial charge >= 0.3 is 5.97 Å². The fourth-order valence-corrected chi connectivity index (χ4v) is 6.42. The van der Waals surface area contributed by atoms with Crippen molar-refractivity contribution >= 4 is 46.0 Å². The van der Waals surface area contributed by atoms with E-state index in [1.165, 1.54) is 12.1 Å². The van der Waals surface area contributed by atoms with Crippen molar-refractivity contribution in [3.05, 3.63) is 48.3 Å². The molecule has 2 heterocycles. The summed E-state index contributed by atoms with van der Waals surface area (Å²) in [6.45, 7) is 10.1. The first-order valence-corrected chi connectivity index (χ1v) is 16.2. The maximum absolute atomic E-state index is 12.9. The highest BCUT2D eigenvalue weighted by atomic mass is 32.2. The molecule has 0 fully saturated rings. The van der Waals surface area contributed by atoms with Gasteiger partial charge in [-0.05, 0) is 42.3 Å². The van der Waals surface area contributed by atoms with Gasteiger partial charge in [0.2, 0.25) is 10.0 Å². The monoisotopic (exact) mass is 500 g/mol. The summed E-state index contributed by atoms with van der Waals surface area (Å²) >= 11 is 0. The van der Waals surface area contributed by atoms with E-state index >= 15 is 0 Å². The second-order valence-corrected chi connectivity index (χ2v) is 17.2. The van der Waals surface area contributed by atoms with Crippen LogP contribution in [0.1, 0.15) is 19.5 Å². The Hall–Kier alpha value is -3.02. The molecule has 2 aromatic heterocycles. The van der Waals surface area contributed by atoms with Crippen LogP contribution in [-0.4, -0.2) is 48.6 Å². The largest absolute Gasteiger partial charge is 0.480 e. The zero-order valence-electron chi connectivity index (χ0n) is 19.7. The molecule has 2 N–H and O–H groups in total. The number of carboxylic acids is 1.